The molecule has 0 bridgehead atoms. The van der Waals surface area contributed by atoms with E-state index in [1.54, 1.807) is 13.8 Å². The predicted octanol–water partition coefficient (Wildman–Crippen LogP) is 3.00. The Morgan fingerprint density at radius 2 is 1.68 bits per heavy atom. The number of hydrogen-bond donors (Lipinski definition) is 2. The lowest BCUT2D eigenvalue weighted by atomic mass is 10.0. The second-order valence-corrected chi connectivity index (χ2v) is 8.75. The van der Waals surface area contributed by atoms with Crippen molar-refractivity contribution in [2.75, 3.05) is 18.5 Å². The summed E-state index contributed by atoms with van der Waals surface area (Å²) >= 11 is 0. The van der Waals surface area contributed by atoms with E-state index in [2.05, 4.69) is 14.8 Å². The van der Waals surface area contributed by atoms with E-state index in [9.17, 15) is 22.0 Å². The van der Waals surface area contributed by atoms with Gasteiger partial charge in [-0.2, -0.15) is 13.5 Å². The molecule has 0 unspecified atom stereocenters. The van der Waals surface area contributed by atoms with Crippen LogP contribution in [0.4, 0.5) is 14.5 Å². The van der Waals surface area contributed by atoms with Gasteiger partial charge < -0.3 is 19.5 Å². The van der Waals surface area contributed by atoms with Crippen LogP contribution in [0.2, 0.25) is 0 Å². The van der Waals surface area contributed by atoms with Gasteiger partial charge in [0.1, 0.15) is 25.0 Å². The van der Waals surface area contributed by atoms with Crippen molar-refractivity contribution < 1.29 is 36.2 Å². The Bertz CT molecular complexity index is 1030. The molecule has 1 aliphatic heterocycles. The third-order valence-corrected chi connectivity index (χ3v) is 5.84. The molecule has 168 valence electrons. The largest absolute Gasteiger partial charge is 0.486 e. The lowest BCUT2D eigenvalue weighted by Gasteiger charge is -2.23. The molecule has 0 spiro atoms. The summed E-state index contributed by atoms with van der Waals surface area (Å²) in [6.45, 7) is 1.11. The van der Waals surface area contributed by atoms with Gasteiger partial charge in [-0.15, -0.1) is 0 Å². The molecule has 2 aromatic rings. The van der Waals surface area contributed by atoms with Crippen molar-refractivity contribution in [3.8, 4) is 17.2 Å². The first-order valence-corrected chi connectivity index (χ1v) is 10.9. The van der Waals surface area contributed by atoms with E-state index < -0.39 is 28.6 Å². The molecule has 31 heavy (non-hydrogen) atoms. The maximum Gasteiger partial charge on any atom is 0.387 e. The lowest BCUT2D eigenvalue weighted by Crippen LogP contribution is -2.47. The Labute approximate surface area is 178 Å². The topological polar surface area (TPSA) is 103 Å². The highest BCUT2D eigenvalue weighted by molar-refractivity contribution is 7.89. The Morgan fingerprint density at radius 1 is 1.03 bits per heavy atom. The van der Waals surface area contributed by atoms with Gasteiger partial charge in [-0.25, -0.2) is 8.42 Å². The van der Waals surface area contributed by atoms with Crippen molar-refractivity contribution in [2.24, 2.45) is 5.92 Å². The van der Waals surface area contributed by atoms with Gasteiger partial charge in [-0.05, 0) is 42.3 Å². The highest BCUT2D eigenvalue weighted by Gasteiger charge is 2.29. The van der Waals surface area contributed by atoms with Crippen LogP contribution in [-0.4, -0.2) is 40.2 Å². The van der Waals surface area contributed by atoms with E-state index in [-0.39, 0.29) is 16.6 Å². The molecule has 11 heteroatoms. The van der Waals surface area contributed by atoms with E-state index in [4.69, 9.17) is 9.47 Å². The number of hydrogen-bond acceptors (Lipinski definition) is 6. The van der Waals surface area contributed by atoms with E-state index in [0.29, 0.717) is 30.4 Å². The maximum absolute atomic E-state index is 12.9. The Balaban J connectivity index is 1.73. The third-order valence-electron chi connectivity index (χ3n) is 4.40. The molecule has 0 radical (unpaired) electrons. The second kappa shape index (κ2) is 9.48. The van der Waals surface area contributed by atoms with E-state index in [1.807, 2.05) is 0 Å². The molecule has 1 atom stereocenters. The van der Waals surface area contributed by atoms with Gasteiger partial charge in [-0.3, -0.25) is 4.79 Å². The molecular formula is C20H22F2N2O6S. The Kier molecular flexibility index (Phi) is 6.96. The lowest BCUT2D eigenvalue weighted by molar-refractivity contribution is -0.118. The summed E-state index contributed by atoms with van der Waals surface area (Å²) in [4.78, 5) is 12.7. The summed E-state index contributed by atoms with van der Waals surface area (Å²) in [5.41, 5.74) is 0.302. The first-order chi connectivity index (χ1) is 14.7. The number of ether oxygens (including phenoxy) is 3. The zero-order valence-corrected chi connectivity index (χ0v) is 17.6. The maximum atomic E-state index is 12.9. The van der Waals surface area contributed by atoms with E-state index in [0.717, 1.165) is 0 Å². The molecule has 1 heterocycles. The van der Waals surface area contributed by atoms with Gasteiger partial charge >= 0.3 is 6.61 Å². The Morgan fingerprint density at radius 3 is 2.29 bits per heavy atom. The number of amides is 1. The van der Waals surface area contributed by atoms with Crippen LogP contribution in [0.5, 0.6) is 17.2 Å². The number of carbonyl (C=O) groups excluding carboxylic acids is 1. The predicted molar refractivity (Wildman–Crippen MR) is 108 cm³/mol. The van der Waals surface area contributed by atoms with E-state index in [1.165, 1.54) is 42.5 Å². The van der Waals surface area contributed by atoms with Crippen LogP contribution in [0.25, 0.3) is 0 Å². The van der Waals surface area contributed by atoms with Gasteiger partial charge in [0.2, 0.25) is 15.9 Å². The normalized spacial score (nSPS) is 14.4. The van der Waals surface area contributed by atoms with Gasteiger partial charge in [0.05, 0.1) is 4.90 Å². The average molecular weight is 456 g/mol. The zero-order valence-electron chi connectivity index (χ0n) is 16.8. The summed E-state index contributed by atoms with van der Waals surface area (Å²) < 4.78 is 67.7. The minimum absolute atomic E-state index is 0.0623. The average Bonchev–Trinajstić information content (AvgIpc) is 2.72. The van der Waals surface area contributed by atoms with Gasteiger partial charge in [-0.1, -0.05) is 13.8 Å². The van der Waals surface area contributed by atoms with Crippen LogP contribution < -0.4 is 24.2 Å². The van der Waals surface area contributed by atoms with Crippen molar-refractivity contribution in [2.45, 2.75) is 31.4 Å². The second-order valence-electron chi connectivity index (χ2n) is 7.04. The molecule has 2 aromatic carbocycles. The number of sulfonamides is 1. The summed E-state index contributed by atoms with van der Waals surface area (Å²) in [6.07, 6.45) is 0. The number of rotatable bonds is 8. The first kappa shape index (κ1) is 22.8. The zero-order chi connectivity index (χ0) is 22.6. The van der Waals surface area contributed by atoms with Crippen LogP contribution >= 0.6 is 0 Å². The van der Waals surface area contributed by atoms with Crippen molar-refractivity contribution in [1.82, 2.24) is 4.72 Å². The molecule has 0 saturated carbocycles. The molecule has 3 rings (SSSR count). The number of fused-ring (bicyclic) bond motifs is 1. The van der Waals surface area contributed by atoms with Gasteiger partial charge in [0.25, 0.3) is 0 Å². The molecule has 0 fully saturated rings. The minimum atomic E-state index is -4.05. The van der Waals surface area contributed by atoms with Crippen molar-refractivity contribution >= 4 is 21.6 Å². The molecule has 0 saturated heterocycles. The third kappa shape index (κ3) is 5.82. The molecule has 1 aliphatic rings. The van der Waals surface area contributed by atoms with Crippen molar-refractivity contribution in [1.29, 1.82) is 0 Å². The fraction of sp³-hybridized carbons (Fsp3) is 0.350. The number of alkyl halides is 2. The minimum Gasteiger partial charge on any atom is -0.486 e. The molecular weight excluding hydrogens is 434 g/mol. The summed E-state index contributed by atoms with van der Waals surface area (Å²) in [5, 5.41) is 2.57. The van der Waals surface area contributed by atoms with Crippen LogP contribution in [0.15, 0.2) is 47.4 Å². The van der Waals surface area contributed by atoms with Crippen LogP contribution in [0.1, 0.15) is 13.8 Å². The number of nitrogens with one attached hydrogen (secondary N) is 2. The SMILES string of the molecule is CC(C)[C@@H](NS(=O)(=O)c1ccc2c(c1)OCCO2)C(=O)Nc1ccc(OC(F)F)cc1. The van der Waals surface area contributed by atoms with Crippen molar-refractivity contribution in [3.05, 3.63) is 42.5 Å². The number of benzene rings is 2. The first-order valence-electron chi connectivity index (χ1n) is 9.43. The number of anilines is 1. The summed E-state index contributed by atoms with van der Waals surface area (Å²) in [6, 6.07) is 8.41. The van der Waals surface area contributed by atoms with Crippen LogP contribution in [0.3, 0.4) is 0 Å². The summed E-state index contributed by atoms with van der Waals surface area (Å²) in [7, 11) is -4.05. The Hall–Kier alpha value is -2.92. The summed E-state index contributed by atoms with van der Waals surface area (Å²) in [5.74, 6) is -0.284. The van der Waals surface area contributed by atoms with Crippen LogP contribution in [-0.2, 0) is 14.8 Å². The van der Waals surface area contributed by atoms with Gasteiger partial charge in [0, 0.05) is 11.8 Å². The van der Waals surface area contributed by atoms with E-state index >= 15 is 0 Å². The number of halogens is 2. The fourth-order valence-electron chi connectivity index (χ4n) is 2.86. The highest BCUT2D eigenvalue weighted by atomic mass is 32.2. The monoisotopic (exact) mass is 456 g/mol. The molecule has 1 amide bonds. The van der Waals surface area contributed by atoms with Gasteiger partial charge in [0.15, 0.2) is 11.5 Å². The smallest absolute Gasteiger partial charge is 0.387 e. The standard InChI is InChI=1S/C20H22F2N2O6S/c1-12(2)18(19(25)23-13-3-5-14(6-4-13)30-20(21)22)24-31(26,27)15-7-8-16-17(11-15)29-10-9-28-16/h3-8,11-12,18,20,24H,9-10H2,1-2H3,(H,23,25)/t18-/m1/s1. The molecule has 0 aliphatic carbocycles. The number of carbonyl (C=O) groups is 1. The highest BCUT2D eigenvalue weighted by Crippen LogP contribution is 2.32. The quantitative estimate of drug-likeness (QED) is 0.633. The fourth-order valence-corrected chi connectivity index (χ4v) is 4.22. The molecule has 2 N–H and O–H groups in total. The van der Waals surface area contributed by atoms with Crippen molar-refractivity contribution in [3.63, 3.8) is 0 Å². The van der Waals surface area contributed by atoms with Crippen LogP contribution in [0, 0.1) is 5.92 Å². The molecule has 8 nitrogen and oxygen atoms in total. The molecule has 0 aromatic heterocycles.